The number of aromatic nitrogens is 2. The molecule has 2 aromatic rings. The fourth-order valence-electron chi connectivity index (χ4n) is 2.63. The van der Waals surface area contributed by atoms with E-state index in [4.69, 9.17) is 4.74 Å². The third kappa shape index (κ3) is 3.62. The van der Waals surface area contributed by atoms with Gasteiger partial charge in [-0.25, -0.2) is 0 Å². The van der Waals surface area contributed by atoms with Gasteiger partial charge in [-0.2, -0.15) is 0 Å². The number of carbonyl (C=O) groups is 1. The summed E-state index contributed by atoms with van der Waals surface area (Å²) in [6.07, 6.45) is 4.41. The summed E-state index contributed by atoms with van der Waals surface area (Å²) in [6.45, 7) is 2.06. The highest BCUT2D eigenvalue weighted by atomic mass is 16.5. The van der Waals surface area contributed by atoms with Crippen LogP contribution in [0.2, 0.25) is 0 Å². The molecule has 0 spiro atoms. The van der Waals surface area contributed by atoms with E-state index in [-0.39, 0.29) is 17.6 Å². The second kappa shape index (κ2) is 7.27. The Labute approximate surface area is 139 Å². The van der Waals surface area contributed by atoms with Crippen LogP contribution in [0.4, 0.5) is 0 Å². The highest BCUT2D eigenvalue weighted by Crippen LogP contribution is 2.19. The number of nitrogens with one attached hydrogen (secondary N) is 2. The molecular weight excluding hydrogens is 308 g/mol. The van der Waals surface area contributed by atoms with Gasteiger partial charge in [-0.15, -0.1) is 0 Å². The first kappa shape index (κ1) is 16.2. The Kier molecular flexibility index (Phi) is 4.90. The summed E-state index contributed by atoms with van der Waals surface area (Å²) in [6, 6.07) is 6.43. The molecule has 1 atom stereocenters. The van der Waals surface area contributed by atoms with Crippen molar-refractivity contribution in [3.8, 4) is 5.75 Å². The molecule has 1 saturated heterocycles. The summed E-state index contributed by atoms with van der Waals surface area (Å²) in [4.78, 5) is 28.0. The van der Waals surface area contributed by atoms with Gasteiger partial charge in [-0.3, -0.25) is 14.6 Å². The minimum Gasteiger partial charge on any atom is -0.487 e. The summed E-state index contributed by atoms with van der Waals surface area (Å²) in [5, 5.41) is 6.07. The summed E-state index contributed by atoms with van der Waals surface area (Å²) >= 11 is 0. The van der Waals surface area contributed by atoms with Gasteiger partial charge >= 0.3 is 0 Å². The topological polar surface area (TPSA) is 85.2 Å². The van der Waals surface area contributed by atoms with Crippen molar-refractivity contribution in [2.24, 2.45) is 7.05 Å². The quantitative estimate of drug-likeness (QED) is 0.832. The van der Waals surface area contributed by atoms with E-state index in [1.807, 2.05) is 6.07 Å². The molecule has 0 aromatic carbocycles. The van der Waals surface area contributed by atoms with Crippen LogP contribution < -0.4 is 20.9 Å². The second-order valence-corrected chi connectivity index (χ2v) is 5.71. The van der Waals surface area contributed by atoms with Gasteiger partial charge in [-0.05, 0) is 25.1 Å². The van der Waals surface area contributed by atoms with Gasteiger partial charge in [0.25, 0.3) is 11.5 Å². The lowest BCUT2D eigenvalue weighted by molar-refractivity contribution is 0.0941. The van der Waals surface area contributed by atoms with Crippen LogP contribution in [0, 0.1) is 0 Å². The van der Waals surface area contributed by atoms with Crippen LogP contribution in [0.3, 0.4) is 0 Å². The Bertz CT molecular complexity index is 781. The van der Waals surface area contributed by atoms with Crippen molar-refractivity contribution < 1.29 is 9.53 Å². The third-order valence-corrected chi connectivity index (χ3v) is 4.04. The molecule has 1 amide bonds. The normalized spacial score (nSPS) is 16.8. The molecular formula is C17H20N4O3. The number of rotatable bonds is 5. The highest BCUT2D eigenvalue weighted by molar-refractivity contribution is 5.92. The second-order valence-electron chi connectivity index (χ2n) is 5.71. The number of hydrogen-bond acceptors (Lipinski definition) is 5. The van der Waals surface area contributed by atoms with Gasteiger partial charge in [0.15, 0.2) is 0 Å². The molecule has 2 N–H and O–H groups in total. The van der Waals surface area contributed by atoms with E-state index in [1.165, 1.54) is 10.6 Å². The monoisotopic (exact) mass is 328 g/mol. The van der Waals surface area contributed by atoms with Gasteiger partial charge in [0, 0.05) is 38.0 Å². The van der Waals surface area contributed by atoms with Crippen LogP contribution in [0.1, 0.15) is 22.5 Å². The van der Waals surface area contributed by atoms with Crippen LogP contribution in [0.15, 0.2) is 41.5 Å². The molecule has 7 nitrogen and oxygen atoms in total. The van der Waals surface area contributed by atoms with Gasteiger partial charge in [0.05, 0.1) is 6.20 Å². The fourth-order valence-corrected chi connectivity index (χ4v) is 2.63. The summed E-state index contributed by atoms with van der Waals surface area (Å²) in [5.74, 6) is 0.369. The Morgan fingerprint density at radius 1 is 1.46 bits per heavy atom. The SMILES string of the molecule is Cn1c(C(=O)NCc2ccncc2O[C@H]2CCNC2)cccc1=O. The summed E-state index contributed by atoms with van der Waals surface area (Å²) in [7, 11) is 1.57. The Morgan fingerprint density at radius 3 is 3.12 bits per heavy atom. The third-order valence-electron chi connectivity index (χ3n) is 4.04. The van der Waals surface area contributed by atoms with E-state index < -0.39 is 0 Å². The van der Waals surface area contributed by atoms with E-state index in [1.54, 1.807) is 31.6 Å². The summed E-state index contributed by atoms with van der Waals surface area (Å²) in [5.41, 5.74) is 0.953. The largest absolute Gasteiger partial charge is 0.487 e. The number of hydrogen-bond donors (Lipinski definition) is 2. The zero-order valence-corrected chi connectivity index (χ0v) is 13.5. The maximum atomic E-state index is 12.3. The first-order valence-electron chi connectivity index (χ1n) is 7.89. The number of ether oxygens (including phenoxy) is 1. The van der Waals surface area contributed by atoms with E-state index in [0.29, 0.717) is 18.0 Å². The van der Waals surface area contributed by atoms with Gasteiger partial charge in [0.1, 0.15) is 17.5 Å². The molecule has 2 aromatic heterocycles. The first-order valence-corrected chi connectivity index (χ1v) is 7.89. The Hall–Kier alpha value is -2.67. The number of nitrogens with zero attached hydrogens (tertiary/aromatic N) is 2. The van der Waals surface area contributed by atoms with Crippen molar-refractivity contribution in [1.29, 1.82) is 0 Å². The molecule has 1 aliphatic rings. The van der Waals surface area contributed by atoms with Crippen LogP contribution in [-0.4, -0.2) is 34.7 Å². The molecule has 3 heterocycles. The first-order chi connectivity index (χ1) is 11.6. The molecule has 1 aliphatic heterocycles. The summed E-state index contributed by atoms with van der Waals surface area (Å²) < 4.78 is 7.28. The van der Waals surface area contributed by atoms with Gasteiger partial charge in [-0.1, -0.05) is 6.07 Å². The molecule has 0 aliphatic carbocycles. The lowest BCUT2D eigenvalue weighted by atomic mass is 10.2. The van der Waals surface area contributed by atoms with Crippen molar-refractivity contribution in [2.45, 2.75) is 19.1 Å². The van der Waals surface area contributed by atoms with E-state index in [9.17, 15) is 9.59 Å². The van der Waals surface area contributed by atoms with Crippen molar-refractivity contribution in [2.75, 3.05) is 13.1 Å². The van der Waals surface area contributed by atoms with Gasteiger partial charge < -0.3 is 19.9 Å². The number of amides is 1. The predicted octanol–water partition coefficient (Wildman–Crippen LogP) is 0.451. The molecule has 24 heavy (non-hydrogen) atoms. The van der Waals surface area contributed by atoms with E-state index >= 15 is 0 Å². The maximum absolute atomic E-state index is 12.3. The molecule has 7 heteroatoms. The number of carbonyl (C=O) groups excluding carboxylic acids is 1. The van der Waals surface area contributed by atoms with Crippen molar-refractivity contribution in [3.63, 3.8) is 0 Å². The molecule has 0 bridgehead atoms. The smallest absolute Gasteiger partial charge is 0.268 e. The molecule has 126 valence electrons. The van der Waals surface area contributed by atoms with Crippen LogP contribution in [0.25, 0.3) is 0 Å². The molecule has 1 fully saturated rings. The standard InChI is InChI=1S/C17H20N4O3/c1-21-14(3-2-4-16(21)22)17(23)20-9-12-5-7-19-11-15(12)24-13-6-8-18-10-13/h2-5,7,11,13,18H,6,8-10H2,1H3,(H,20,23)/t13-/m0/s1. The lowest BCUT2D eigenvalue weighted by Gasteiger charge is -2.16. The lowest BCUT2D eigenvalue weighted by Crippen LogP contribution is -2.30. The minimum atomic E-state index is -0.305. The Balaban J connectivity index is 1.69. The van der Waals surface area contributed by atoms with Crippen molar-refractivity contribution in [1.82, 2.24) is 20.2 Å². The van der Waals surface area contributed by atoms with E-state index in [0.717, 1.165) is 25.1 Å². The van der Waals surface area contributed by atoms with Crippen LogP contribution >= 0.6 is 0 Å². The fraction of sp³-hybridized carbons (Fsp3) is 0.353. The number of pyridine rings is 2. The average molecular weight is 328 g/mol. The molecule has 3 rings (SSSR count). The molecule has 0 unspecified atom stereocenters. The predicted molar refractivity (Wildman–Crippen MR) is 89.0 cm³/mol. The van der Waals surface area contributed by atoms with Crippen LogP contribution in [-0.2, 0) is 13.6 Å². The maximum Gasteiger partial charge on any atom is 0.268 e. The zero-order valence-electron chi connectivity index (χ0n) is 13.5. The van der Waals surface area contributed by atoms with Crippen LogP contribution in [0.5, 0.6) is 5.75 Å². The molecule has 0 radical (unpaired) electrons. The minimum absolute atomic E-state index is 0.124. The zero-order chi connectivity index (χ0) is 16.9. The Morgan fingerprint density at radius 2 is 2.33 bits per heavy atom. The average Bonchev–Trinajstić information content (AvgIpc) is 3.09. The van der Waals surface area contributed by atoms with Crippen molar-refractivity contribution in [3.05, 3.63) is 58.3 Å². The van der Waals surface area contributed by atoms with Gasteiger partial charge in [0.2, 0.25) is 0 Å². The molecule has 0 saturated carbocycles. The van der Waals surface area contributed by atoms with Crippen molar-refractivity contribution >= 4 is 5.91 Å². The highest BCUT2D eigenvalue weighted by Gasteiger charge is 2.18. The van der Waals surface area contributed by atoms with E-state index in [2.05, 4.69) is 15.6 Å².